The fourth-order valence-electron chi connectivity index (χ4n) is 6.44. The van der Waals surface area contributed by atoms with Gasteiger partial charge in [-0.05, 0) is 107 Å². The van der Waals surface area contributed by atoms with Crippen molar-refractivity contribution in [3.05, 3.63) is 222 Å². The number of pyridine rings is 3. The third kappa shape index (κ3) is 8.94. The molecule has 0 aliphatic carbocycles. The Morgan fingerprint density at radius 2 is 0.722 bits per heavy atom. The zero-order valence-electron chi connectivity index (χ0n) is 35.9. The lowest BCUT2D eigenvalue weighted by Crippen LogP contribution is -2.00. The van der Waals surface area contributed by atoms with E-state index in [0.29, 0.717) is 29.7 Å². The summed E-state index contributed by atoms with van der Waals surface area (Å²) in [6.45, 7) is 0. The summed E-state index contributed by atoms with van der Waals surface area (Å²) in [4.78, 5) is 13.9. The van der Waals surface area contributed by atoms with Crippen LogP contribution in [0.2, 0.25) is 0 Å². The Hall–Kier alpha value is -6.45. The minimum Gasteiger partial charge on any atom is -0.256 e. The van der Waals surface area contributed by atoms with Gasteiger partial charge in [0.1, 0.15) is 0 Å². The van der Waals surface area contributed by atoms with Gasteiger partial charge in [0.15, 0.2) is 0 Å². The van der Waals surface area contributed by atoms with E-state index in [1.165, 1.54) is 12.3 Å². The molecular formula is C51H43N3. The minimum atomic E-state index is -2.57. The molecule has 0 aliphatic rings. The molecule has 3 nitrogen and oxygen atoms in total. The maximum Gasteiger partial charge on any atom is 0.0702 e. The second kappa shape index (κ2) is 16.9. The van der Waals surface area contributed by atoms with Crippen molar-refractivity contribution in [3.8, 4) is 44.9 Å². The van der Waals surface area contributed by atoms with E-state index in [1.54, 1.807) is 30.5 Å². The molecule has 0 N–H and O–H groups in total. The number of rotatable bonds is 13. The van der Waals surface area contributed by atoms with Gasteiger partial charge in [-0.2, -0.15) is 0 Å². The highest BCUT2D eigenvalue weighted by molar-refractivity contribution is 5.71. The first-order valence-corrected chi connectivity index (χ1v) is 18.2. The molecule has 3 heteroatoms. The Balaban J connectivity index is 1.09. The summed E-state index contributed by atoms with van der Waals surface area (Å²) in [6.07, 6.45) is -1.06. The lowest BCUT2D eigenvalue weighted by Gasteiger charge is -2.12. The van der Waals surface area contributed by atoms with Gasteiger partial charge in [0.2, 0.25) is 0 Å². The third-order valence-corrected chi connectivity index (χ3v) is 9.36. The summed E-state index contributed by atoms with van der Waals surface area (Å²) in [6, 6.07) is 53.8. The van der Waals surface area contributed by atoms with E-state index in [-0.39, 0.29) is 23.1 Å². The van der Waals surface area contributed by atoms with Crippen LogP contribution in [0.4, 0.5) is 0 Å². The number of aryl methyl sites for hydroxylation is 6. The topological polar surface area (TPSA) is 38.7 Å². The first-order chi connectivity index (χ1) is 29.0. The SMILES string of the molecule is [2H]C([2H])(Cc1ccc(-c2ccccc2)nc1)c1cc(CCc2ccc(-c3ccccc3)nc2)cc(C([2H])([2H])C([2H])([2H])c2ccc(-c3cccc(-c4ccccc4)c3)nc2)c1. The molecule has 3 heterocycles. The standard InChI is InChI=1S/C51H43N3/c1-4-11-44(12-5-1)47-17-10-18-48(34-47)51-30-27-40(37-54-51)21-24-43-32-41(22-19-38-25-28-49(52-35-38)45-13-6-2-7-14-45)31-42(33-43)23-20-39-26-29-50(53-36-39)46-15-8-3-9-16-46/h1-18,25-37H,19-24H2/i21D2,22D2,24D2. The van der Waals surface area contributed by atoms with E-state index in [9.17, 15) is 8.22 Å². The summed E-state index contributed by atoms with van der Waals surface area (Å²) in [5.74, 6) is 0. The largest absolute Gasteiger partial charge is 0.256 e. The maximum atomic E-state index is 9.40. The van der Waals surface area contributed by atoms with Crippen molar-refractivity contribution < 1.29 is 8.22 Å². The van der Waals surface area contributed by atoms with Gasteiger partial charge in [0.05, 0.1) is 17.1 Å². The summed E-state index contributed by atoms with van der Waals surface area (Å²) in [7, 11) is 0. The van der Waals surface area contributed by atoms with Crippen LogP contribution in [0.25, 0.3) is 44.9 Å². The van der Waals surface area contributed by atoms with Gasteiger partial charge in [-0.3, -0.25) is 15.0 Å². The van der Waals surface area contributed by atoms with Crippen LogP contribution in [-0.2, 0) is 38.4 Å². The fourth-order valence-corrected chi connectivity index (χ4v) is 6.44. The molecule has 8 aromatic rings. The highest BCUT2D eigenvalue weighted by Gasteiger charge is 2.08. The van der Waals surface area contributed by atoms with Gasteiger partial charge >= 0.3 is 0 Å². The van der Waals surface area contributed by atoms with E-state index in [0.717, 1.165) is 44.8 Å². The first-order valence-electron chi connectivity index (χ1n) is 21.2. The van der Waals surface area contributed by atoms with E-state index in [2.05, 4.69) is 15.0 Å². The van der Waals surface area contributed by atoms with Crippen LogP contribution in [0, 0.1) is 0 Å². The van der Waals surface area contributed by atoms with Crippen LogP contribution in [0.15, 0.2) is 188 Å². The zero-order valence-corrected chi connectivity index (χ0v) is 29.9. The summed E-state index contributed by atoms with van der Waals surface area (Å²) < 4.78 is 56.0. The molecule has 0 aliphatic heterocycles. The van der Waals surface area contributed by atoms with E-state index < -0.39 is 19.1 Å². The molecule has 0 bridgehead atoms. The van der Waals surface area contributed by atoms with Crippen LogP contribution in [0.5, 0.6) is 0 Å². The smallest absolute Gasteiger partial charge is 0.0702 e. The lowest BCUT2D eigenvalue weighted by atomic mass is 9.94. The van der Waals surface area contributed by atoms with Crippen LogP contribution in [0.3, 0.4) is 0 Å². The zero-order chi connectivity index (χ0) is 41.7. The molecule has 3 aromatic heterocycles. The normalized spacial score (nSPS) is 13.5. The van der Waals surface area contributed by atoms with Gasteiger partial charge in [-0.25, -0.2) is 0 Å². The number of nitrogens with zero attached hydrogens (tertiary/aromatic N) is 3. The Morgan fingerprint density at radius 3 is 1.30 bits per heavy atom. The van der Waals surface area contributed by atoms with Crippen molar-refractivity contribution in [2.45, 2.75) is 38.4 Å². The van der Waals surface area contributed by atoms with Crippen molar-refractivity contribution in [3.63, 3.8) is 0 Å². The summed E-state index contributed by atoms with van der Waals surface area (Å²) in [5, 5.41) is 0. The quantitative estimate of drug-likeness (QED) is 0.120. The first kappa shape index (κ1) is 28.1. The van der Waals surface area contributed by atoms with E-state index in [4.69, 9.17) is 0 Å². The van der Waals surface area contributed by atoms with Gasteiger partial charge in [0.25, 0.3) is 0 Å². The molecule has 0 atom stereocenters. The van der Waals surface area contributed by atoms with E-state index in [1.807, 2.05) is 146 Å². The molecule has 0 amide bonds. The second-order valence-electron chi connectivity index (χ2n) is 13.2. The lowest BCUT2D eigenvalue weighted by molar-refractivity contribution is 0.897. The molecule has 0 saturated carbocycles. The van der Waals surface area contributed by atoms with Crippen molar-refractivity contribution in [2.24, 2.45) is 0 Å². The van der Waals surface area contributed by atoms with Crippen molar-refractivity contribution >= 4 is 0 Å². The molecule has 0 spiro atoms. The molecule has 262 valence electrons. The predicted octanol–water partition coefficient (Wildman–Crippen LogP) is 11.9. The van der Waals surface area contributed by atoms with Crippen molar-refractivity contribution in [1.29, 1.82) is 0 Å². The summed E-state index contributed by atoms with van der Waals surface area (Å²) in [5.41, 5.74) is 10.0. The summed E-state index contributed by atoms with van der Waals surface area (Å²) >= 11 is 0. The molecule has 0 saturated heterocycles. The minimum absolute atomic E-state index is 0.00439. The van der Waals surface area contributed by atoms with Crippen LogP contribution >= 0.6 is 0 Å². The third-order valence-electron chi connectivity index (χ3n) is 9.36. The molecule has 5 aromatic carbocycles. The predicted molar refractivity (Wildman–Crippen MR) is 223 cm³/mol. The van der Waals surface area contributed by atoms with Gasteiger partial charge in [-0.15, -0.1) is 0 Å². The number of benzene rings is 5. The fraction of sp³-hybridized carbons (Fsp3) is 0.118. The Kier molecular flexibility index (Phi) is 8.81. The maximum absolute atomic E-state index is 9.40. The highest BCUT2D eigenvalue weighted by atomic mass is 14.7. The molecular weight excluding hydrogens is 655 g/mol. The molecule has 54 heavy (non-hydrogen) atoms. The van der Waals surface area contributed by atoms with Crippen molar-refractivity contribution in [1.82, 2.24) is 15.0 Å². The van der Waals surface area contributed by atoms with Gasteiger partial charge in [-0.1, -0.05) is 146 Å². The van der Waals surface area contributed by atoms with Gasteiger partial charge in [0, 0.05) is 43.5 Å². The molecule has 0 unspecified atom stereocenters. The number of aromatic nitrogens is 3. The Bertz CT molecular complexity index is 2670. The molecule has 0 radical (unpaired) electrons. The Morgan fingerprint density at radius 1 is 0.296 bits per heavy atom. The highest BCUT2D eigenvalue weighted by Crippen LogP contribution is 2.26. The van der Waals surface area contributed by atoms with E-state index >= 15 is 0 Å². The Labute approximate surface area is 327 Å². The van der Waals surface area contributed by atoms with Crippen molar-refractivity contribution in [2.75, 3.05) is 0 Å². The average molecular weight is 704 g/mol. The van der Waals surface area contributed by atoms with Crippen LogP contribution in [0.1, 0.15) is 41.6 Å². The van der Waals surface area contributed by atoms with Gasteiger partial charge < -0.3 is 0 Å². The van der Waals surface area contributed by atoms with Crippen LogP contribution < -0.4 is 0 Å². The molecule has 0 fully saturated rings. The molecule has 8 rings (SSSR count). The second-order valence-corrected chi connectivity index (χ2v) is 13.2. The number of hydrogen-bond donors (Lipinski definition) is 0. The average Bonchev–Trinajstić information content (AvgIpc) is 3.29. The van der Waals surface area contributed by atoms with Crippen LogP contribution in [-0.4, -0.2) is 15.0 Å². The monoisotopic (exact) mass is 703 g/mol. The number of hydrogen-bond acceptors (Lipinski definition) is 3.